The smallest absolute Gasteiger partial charge is 0.315 e. The van der Waals surface area contributed by atoms with Crippen molar-refractivity contribution in [2.45, 2.75) is 38.5 Å². The number of pyridine rings is 1. The standard InChI is InChI=1S/C32H32FN3O5/c1-20-16-25(33)11-14-27(20)28(17-29(35-40)24-10-15-31(38)36(2)19-24)23-6-4-21(5-7-23)22-8-12-26(13-9-22)34-30(37)18-32(39)41-3/h4-10,12-13,15-16,19,28,40H,11,14,17-18H2,1-3H3,(H,34,37)/b35-29+. The van der Waals surface area contributed by atoms with E-state index < -0.39 is 11.9 Å². The maximum atomic E-state index is 14.0. The number of carbonyl (C=O) groups excluding carboxylic acids is 2. The summed E-state index contributed by atoms with van der Waals surface area (Å²) >= 11 is 0. The number of nitrogens with zero attached hydrogens (tertiary/aromatic N) is 2. The van der Waals surface area contributed by atoms with Gasteiger partial charge in [0.25, 0.3) is 0 Å². The molecule has 0 fully saturated rings. The fourth-order valence-electron chi connectivity index (χ4n) is 4.98. The van der Waals surface area contributed by atoms with E-state index >= 15 is 0 Å². The third-order valence-corrected chi connectivity index (χ3v) is 7.22. The number of methoxy groups -OCH3 is 1. The number of aromatic nitrogens is 1. The second kappa shape index (κ2) is 13.0. The van der Waals surface area contributed by atoms with Crippen LogP contribution in [0.3, 0.4) is 0 Å². The zero-order chi connectivity index (χ0) is 29.5. The molecular weight excluding hydrogens is 525 g/mol. The molecule has 2 N–H and O–H groups in total. The van der Waals surface area contributed by atoms with E-state index in [1.807, 2.05) is 43.3 Å². The number of oxime groups is 1. The summed E-state index contributed by atoms with van der Waals surface area (Å²) in [4.78, 5) is 35.1. The van der Waals surface area contributed by atoms with Gasteiger partial charge >= 0.3 is 5.97 Å². The van der Waals surface area contributed by atoms with Crippen LogP contribution in [0.15, 0.2) is 99.9 Å². The highest BCUT2D eigenvalue weighted by molar-refractivity contribution is 6.02. The van der Waals surface area contributed by atoms with Crippen molar-refractivity contribution in [1.29, 1.82) is 0 Å². The predicted octanol–water partition coefficient (Wildman–Crippen LogP) is 5.87. The Bertz CT molecular complexity index is 1580. The molecule has 1 aliphatic carbocycles. The third kappa shape index (κ3) is 7.25. The van der Waals surface area contributed by atoms with Crippen LogP contribution >= 0.6 is 0 Å². The lowest BCUT2D eigenvalue weighted by molar-refractivity contribution is -0.142. The number of hydrogen-bond donors (Lipinski definition) is 2. The first-order valence-electron chi connectivity index (χ1n) is 13.2. The largest absolute Gasteiger partial charge is 0.469 e. The first-order valence-corrected chi connectivity index (χ1v) is 13.2. The second-order valence-electron chi connectivity index (χ2n) is 9.97. The lowest BCUT2D eigenvalue weighted by Gasteiger charge is -2.26. The summed E-state index contributed by atoms with van der Waals surface area (Å²) in [6, 6.07) is 18.3. The number of aryl methyl sites for hydroxylation is 1. The number of benzene rings is 2. The van der Waals surface area contributed by atoms with Crippen molar-refractivity contribution in [1.82, 2.24) is 4.57 Å². The molecule has 0 bridgehead atoms. The third-order valence-electron chi connectivity index (χ3n) is 7.22. The summed E-state index contributed by atoms with van der Waals surface area (Å²) in [6.07, 6.45) is 4.07. The molecule has 0 radical (unpaired) electrons. The summed E-state index contributed by atoms with van der Waals surface area (Å²) in [6.45, 7) is 1.89. The Kier molecular flexibility index (Phi) is 9.29. The summed E-state index contributed by atoms with van der Waals surface area (Å²) in [5.74, 6) is -1.39. The molecule has 1 aliphatic rings. The number of rotatable bonds is 9. The Morgan fingerprint density at radius 1 is 1.05 bits per heavy atom. The van der Waals surface area contributed by atoms with Gasteiger partial charge in [-0.25, -0.2) is 4.39 Å². The molecule has 3 aromatic rings. The molecule has 4 rings (SSSR count). The Balaban J connectivity index is 1.60. The number of hydrogen-bond acceptors (Lipinski definition) is 6. The van der Waals surface area contributed by atoms with E-state index in [2.05, 4.69) is 15.2 Å². The molecule has 1 aromatic heterocycles. The molecule has 1 amide bonds. The first-order chi connectivity index (χ1) is 19.7. The maximum absolute atomic E-state index is 14.0. The van der Waals surface area contributed by atoms with Crippen molar-refractivity contribution < 1.29 is 23.9 Å². The lowest BCUT2D eigenvalue weighted by atomic mass is 9.79. The average Bonchev–Trinajstić information content (AvgIpc) is 2.96. The first kappa shape index (κ1) is 29.2. The molecule has 1 heterocycles. The summed E-state index contributed by atoms with van der Waals surface area (Å²) in [5.41, 5.74) is 6.24. The van der Waals surface area contributed by atoms with Gasteiger partial charge in [-0.2, -0.15) is 0 Å². The van der Waals surface area contributed by atoms with Crippen molar-refractivity contribution in [2.75, 3.05) is 12.4 Å². The van der Waals surface area contributed by atoms with Crippen molar-refractivity contribution in [3.8, 4) is 11.1 Å². The van der Waals surface area contributed by atoms with Crippen LogP contribution in [0.25, 0.3) is 11.1 Å². The predicted molar refractivity (Wildman–Crippen MR) is 156 cm³/mol. The van der Waals surface area contributed by atoms with Gasteiger partial charge in [-0.3, -0.25) is 14.4 Å². The molecule has 0 saturated heterocycles. The Morgan fingerprint density at radius 3 is 2.29 bits per heavy atom. The number of halogens is 1. The second-order valence-corrected chi connectivity index (χ2v) is 9.97. The molecule has 8 nitrogen and oxygen atoms in total. The van der Waals surface area contributed by atoms with Crippen molar-refractivity contribution in [2.24, 2.45) is 12.2 Å². The van der Waals surface area contributed by atoms with Crippen LogP contribution in [0, 0.1) is 0 Å². The molecule has 0 saturated carbocycles. The van der Waals surface area contributed by atoms with Crippen molar-refractivity contribution in [3.63, 3.8) is 0 Å². The molecule has 212 valence electrons. The lowest BCUT2D eigenvalue weighted by Crippen LogP contribution is -2.19. The number of carbonyl (C=O) groups is 2. The van der Waals surface area contributed by atoms with E-state index in [1.54, 1.807) is 37.5 Å². The maximum Gasteiger partial charge on any atom is 0.315 e. The zero-order valence-electron chi connectivity index (χ0n) is 23.2. The molecule has 1 atom stereocenters. The van der Waals surface area contributed by atoms with Gasteiger partial charge in [-0.15, -0.1) is 0 Å². The van der Waals surface area contributed by atoms with Crippen molar-refractivity contribution >= 4 is 23.3 Å². The van der Waals surface area contributed by atoms with Gasteiger partial charge in [0.15, 0.2) is 0 Å². The van der Waals surface area contributed by atoms with Crippen molar-refractivity contribution in [3.05, 3.63) is 111 Å². The van der Waals surface area contributed by atoms with E-state index in [-0.39, 0.29) is 23.7 Å². The van der Waals surface area contributed by atoms with Gasteiger partial charge in [0.05, 0.1) is 12.8 Å². The zero-order valence-corrected chi connectivity index (χ0v) is 23.2. The van der Waals surface area contributed by atoms with Crippen LogP contribution in [-0.4, -0.2) is 34.5 Å². The van der Waals surface area contributed by atoms with Gasteiger partial charge in [0.2, 0.25) is 11.5 Å². The fraction of sp³-hybridized carbons (Fsp3) is 0.250. The quantitative estimate of drug-likeness (QED) is 0.112. The number of ether oxygens (including phenoxy) is 1. The summed E-state index contributed by atoms with van der Waals surface area (Å²) in [5, 5.41) is 16.2. The Labute approximate surface area is 237 Å². The highest BCUT2D eigenvalue weighted by Crippen LogP contribution is 2.39. The number of anilines is 1. The molecule has 1 unspecified atom stereocenters. The molecular formula is C32H32FN3O5. The van der Waals surface area contributed by atoms with E-state index in [9.17, 15) is 24.0 Å². The van der Waals surface area contributed by atoms with Gasteiger partial charge in [0.1, 0.15) is 12.2 Å². The number of nitrogens with one attached hydrogen (secondary N) is 1. The minimum absolute atomic E-state index is 0.153. The van der Waals surface area contributed by atoms with Gasteiger partial charge < -0.3 is 19.8 Å². The van der Waals surface area contributed by atoms with Crippen LogP contribution in [0.5, 0.6) is 0 Å². The SMILES string of the molecule is COC(=O)CC(=O)Nc1ccc(-c2ccc(C(C/C(=N\O)c3ccc(=O)n(C)c3)C3=C(C)C=C(F)CC3)cc2)cc1. The minimum atomic E-state index is -0.607. The minimum Gasteiger partial charge on any atom is -0.469 e. The van der Waals surface area contributed by atoms with E-state index in [4.69, 9.17) is 0 Å². The van der Waals surface area contributed by atoms with Crippen LogP contribution < -0.4 is 10.9 Å². The molecule has 2 aromatic carbocycles. The van der Waals surface area contributed by atoms with E-state index in [0.717, 1.165) is 27.8 Å². The molecule has 9 heteroatoms. The average molecular weight is 558 g/mol. The summed E-state index contributed by atoms with van der Waals surface area (Å²) < 4.78 is 20.0. The Morgan fingerprint density at radius 2 is 1.71 bits per heavy atom. The number of amides is 1. The van der Waals surface area contributed by atoms with Crippen LogP contribution in [0.2, 0.25) is 0 Å². The number of allylic oxidation sites excluding steroid dienone is 4. The van der Waals surface area contributed by atoms with E-state index in [0.29, 0.717) is 36.2 Å². The van der Waals surface area contributed by atoms with Gasteiger partial charge in [-0.05, 0) is 59.9 Å². The monoisotopic (exact) mass is 557 g/mol. The topological polar surface area (TPSA) is 110 Å². The van der Waals surface area contributed by atoms with Crippen LogP contribution in [0.4, 0.5) is 10.1 Å². The number of esters is 1. The normalized spacial score (nSPS) is 14.3. The van der Waals surface area contributed by atoms with Gasteiger partial charge in [0, 0.05) is 49.3 Å². The van der Waals surface area contributed by atoms with Crippen LogP contribution in [-0.2, 0) is 21.4 Å². The van der Waals surface area contributed by atoms with E-state index in [1.165, 1.54) is 17.7 Å². The fourth-order valence-corrected chi connectivity index (χ4v) is 4.98. The molecule has 0 spiro atoms. The Hall–Kier alpha value is -4.79. The summed E-state index contributed by atoms with van der Waals surface area (Å²) in [7, 11) is 2.87. The highest BCUT2D eigenvalue weighted by atomic mass is 19.1. The van der Waals surface area contributed by atoms with Crippen LogP contribution in [0.1, 0.15) is 49.7 Å². The molecule has 41 heavy (non-hydrogen) atoms. The van der Waals surface area contributed by atoms with Gasteiger partial charge in [-0.1, -0.05) is 47.1 Å². The highest BCUT2D eigenvalue weighted by Gasteiger charge is 2.25. The molecule has 0 aliphatic heterocycles.